The van der Waals surface area contributed by atoms with Crippen LogP contribution in [0, 0.1) is 0 Å². The minimum atomic E-state index is -0.580. The van der Waals surface area contributed by atoms with E-state index in [4.69, 9.17) is 5.26 Å². The number of carbonyl (C=O) groups is 1. The molecule has 0 aromatic carbocycles. The molecule has 0 atom stereocenters. The maximum atomic E-state index is 10.4. The van der Waals surface area contributed by atoms with Crippen LogP contribution in [0.1, 0.15) is 0 Å². The Morgan fingerprint density at radius 3 is 2.67 bits per heavy atom. The van der Waals surface area contributed by atoms with Gasteiger partial charge in [0.2, 0.25) is 0 Å². The second-order valence-electron chi connectivity index (χ2n) is 1.37. The Hall–Kier alpha value is -0.870. The molecular formula is C5H8O4. The van der Waals surface area contributed by atoms with Gasteiger partial charge < -0.3 is 4.74 Å². The summed E-state index contributed by atoms with van der Waals surface area (Å²) < 4.78 is 4.23. The predicted octanol–water partition coefficient (Wildman–Crippen LogP) is 0.205. The van der Waals surface area contributed by atoms with E-state index in [1.807, 2.05) is 0 Å². The van der Waals surface area contributed by atoms with Crippen molar-refractivity contribution in [2.24, 2.45) is 0 Å². The first-order valence-corrected chi connectivity index (χ1v) is 2.24. The van der Waals surface area contributed by atoms with E-state index >= 15 is 0 Å². The van der Waals surface area contributed by atoms with E-state index in [9.17, 15) is 4.79 Å². The Morgan fingerprint density at radius 1 is 1.78 bits per heavy atom. The van der Waals surface area contributed by atoms with Crippen LogP contribution in [0.4, 0.5) is 0 Å². The van der Waals surface area contributed by atoms with Crippen LogP contribution >= 0.6 is 0 Å². The SMILES string of the molecule is C=C(COO)C(=O)OC. The lowest BCUT2D eigenvalue weighted by atomic mass is 10.3. The second kappa shape index (κ2) is 4.05. The maximum Gasteiger partial charge on any atom is 0.335 e. The van der Waals surface area contributed by atoms with Gasteiger partial charge in [0, 0.05) is 0 Å². The lowest BCUT2D eigenvalue weighted by molar-refractivity contribution is -0.234. The number of esters is 1. The van der Waals surface area contributed by atoms with E-state index in [0.29, 0.717) is 0 Å². The Morgan fingerprint density at radius 2 is 2.33 bits per heavy atom. The van der Waals surface area contributed by atoms with Gasteiger partial charge in [-0.25, -0.2) is 9.68 Å². The van der Waals surface area contributed by atoms with Crippen molar-refractivity contribution in [2.75, 3.05) is 13.7 Å². The van der Waals surface area contributed by atoms with Crippen LogP contribution in [-0.4, -0.2) is 24.9 Å². The van der Waals surface area contributed by atoms with Crippen LogP contribution in [0.2, 0.25) is 0 Å². The highest BCUT2D eigenvalue weighted by atomic mass is 17.1. The third-order valence-corrected chi connectivity index (χ3v) is 0.713. The molecule has 0 amide bonds. The molecule has 0 radical (unpaired) electrons. The molecule has 0 unspecified atom stereocenters. The smallest absolute Gasteiger partial charge is 0.335 e. The first-order valence-electron chi connectivity index (χ1n) is 2.24. The summed E-state index contributed by atoms with van der Waals surface area (Å²) >= 11 is 0. The summed E-state index contributed by atoms with van der Waals surface area (Å²) in [4.78, 5) is 14.0. The summed E-state index contributed by atoms with van der Waals surface area (Å²) in [6.07, 6.45) is 0. The van der Waals surface area contributed by atoms with Crippen LogP contribution in [0.5, 0.6) is 0 Å². The minimum Gasteiger partial charge on any atom is -0.466 e. The Balaban J connectivity index is 3.60. The Bertz CT molecular complexity index is 118. The Labute approximate surface area is 52.6 Å². The molecule has 0 aliphatic heterocycles. The molecule has 0 spiro atoms. The number of methoxy groups -OCH3 is 1. The summed E-state index contributed by atoms with van der Waals surface area (Å²) in [5.74, 6) is -0.580. The zero-order valence-electron chi connectivity index (χ0n) is 5.09. The molecule has 0 saturated heterocycles. The molecule has 52 valence electrons. The fourth-order valence-electron chi connectivity index (χ4n) is 0.281. The highest BCUT2D eigenvalue weighted by Gasteiger charge is 2.04. The van der Waals surface area contributed by atoms with Crippen LogP contribution in [0.25, 0.3) is 0 Å². The molecule has 1 N–H and O–H groups in total. The molecule has 4 heteroatoms. The van der Waals surface area contributed by atoms with Crippen LogP contribution in [-0.2, 0) is 14.4 Å². The summed E-state index contributed by atoms with van der Waals surface area (Å²) in [6, 6.07) is 0. The van der Waals surface area contributed by atoms with Crippen molar-refractivity contribution in [3.63, 3.8) is 0 Å². The van der Waals surface area contributed by atoms with Crippen LogP contribution in [0.15, 0.2) is 12.2 Å². The van der Waals surface area contributed by atoms with Gasteiger partial charge in [-0.15, -0.1) is 0 Å². The summed E-state index contributed by atoms with van der Waals surface area (Å²) in [5, 5.41) is 7.81. The van der Waals surface area contributed by atoms with E-state index in [0.717, 1.165) is 0 Å². The highest BCUT2D eigenvalue weighted by Crippen LogP contribution is 1.91. The standard InChI is InChI=1S/C5H8O4/c1-4(3-9-7)5(6)8-2/h7H,1,3H2,2H3. The predicted molar refractivity (Wildman–Crippen MR) is 29.7 cm³/mol. The average molecular weight is 132 g/mol. The van der Waals surface area contributed by atoms with E-state index in [1.165, 1.54) is 7.11 Å². The van der Waals surface area contributed by atoms with Gasteiger partial charge in [-0.2, -0.15) is 0 Å². The van der Waals surface area contributed by atoms with Gasteiger partial charge >= 0.3 is 5.97 Å². The molecule has 0 aliphatic rings. The maximum absolute atomic E-state index is 10.4. The fraction of sp³-hybridized carbons (Fsp3) is 0.400. The molecule has 0 saturated carbocycles. The Kier molecular flexibility index (Phi) is 3.66. The largest absolute Gasteiger partial charge is 0.466 e. The van der Waals surface area contributed by atoms with Gasteiger partial charge in [-0.1, -0.05) is 6.58 Å². The lowest BCUT2D eigenvalue weighted by Gasteiger charge is -1.97. The number of hydrogen-bond acceptors (Lipinski definition) is 4. The van der Waals surface area contributed by atoms with Gasteiger partial charge in [-0.05, 0) is 0 Å². The summed E-state index contributed by atoms with van der Waals surface area (Å²) in [5.41, 5.74) is 0.0833. The highest BCUT2D eigenvalue weighted by molar-refractivity contribution is 5.87. The molecular weight excluding hydrogens is 124 g/mol. The molecule has 9 heavy (non-hydrogen) atoms. The molecule has 0 aromatic rings. The van der Waals surface area contributed by atoms with Crippen LogP contribution < -0.4 is 0 Å². The zero-order chi connectivity index (χ0) is 7.28. The molecule has 0 bridgehead atoms. The third kappa shape index (κ3) is 2.84. The molecule has 0 aliphatic carbocycles. The van der Waals surface area contributed by atoms with E-state index in [-0.39, 0.29) is 12.2 Å². The second-order valence-corrected chi connectivity index (χ2v) is 1.37. The topological polar surface area (TPSA) is 55.8 Å². The normalized spacial score (nSPS) is 8.67. The van der Waals surface area contributed by atoms with E-state index in [2.05, 4.69) is 16.2 Å². The fourth-order valence-corrected chi connectivity index (χ4v) is 0.281. The van der Waals surface area contributed by atoms with Gasteiger partial charge in [0.15, 0.2) is 0 Å². The van der Waals surface area contributed by atoms with Crippen molar-refractivity contribution in [3.05, 3.63) is 12.2 Å². The van der Waals surface area contributed by atoms with Crippen molar-refractivity contribution >= 4 is 5.97 Å². The average Bonchev–Trinajstić information content (AvgIpc) is 1.87. The van der Waals surface area contributed by atoms with Crippen molar-refractivity contribution in [3.8, 4) is 0 Å². The van der Waals surface area contributed by atoms with Crippen molar-refractivity contribution < 1.29 is 19.7 Å². The minimum absolute atomic E-state index is 0.0833. The van der Waals surface area contributed by atoms with Crippen molar-refractivity contribution in [1.29, 1.82) is 0 Å². The lowest BCUT2D eigenvalue weighted by Crippen LogP contribution is -2.08. The quantitative estimate of drug-likeness (QED) is 0.258. The molecule has 0 heterocycles. The van der Waals surface area contributed by atoms with Gasteiger partial charge in [0.05, 0.1) is 12.7 Å². The first-order chi connectivity index (χ1) is 4.22. The summed E-state index contributed by atoms with van der Waals surface area (Å²) in [7, 11) is 1.23. The van der Waals surface area contributed by atoms with Gasteiger partial charge in [0.25, 0.3) is 0 Å². The molecule has 0 aromatic heterocycles. The number of hydrogen-bond donors (Lipinski definition) is 1. The zero-order valence-corrected chi connectivity index (χ0v) is 5.09. The van der Waals surface area contributed by atoms with E-state index < -0.39 is 5.97 Å². The van der Waals surface area contributed by atoms with Crippen molar-refractivity contribution in [1.82, 2.24) is 0 Å². The van der Waals surface area contributed by atoms with Crippen molar-refractivity contribution in [2.45, 2.75) is 0 Å². The first kappa shape index (κ1) is 8.13. The van der Waals surface area contributed by atoms with Gasteiger partial charge in [0.1, 0.15) is 6.61 Å². The van der Waals surface area contributed by atoms with Gasteiger partial charge in [-0.3, -0.25) is 5.26 Å². The molecule has 4 nitrogen and oxygen atoms in total. The number of ether oxygens (including phenoxy) is 1. The van der Waals surface area contributed by atoms with E-state index in [1.54, 1.807) is 0 Å². The monoisotopic (exact) mass is 132 g/mol. The summed E-state index contributed by atoms with van der Waals surface area (Å²) in [6.45, 7) is 3.04. The van der Waals surface area contributed by atoms with Crippen LogP contribution in [0.3, 0.4) is 0 Å². The molecule has 0 fully saturated rings. The number of rotatable bonds is 3. The third-order valence-electron chi connectivity index (χ3n) is 0.713. The molecule has 0 rings (SSSR count). The number of carbonyl (C=O) groups excluding carboxylic acids is 1.